The van der Waals surface area contributed by atoms with Gasteiger partial charge in [-0.3, -0.25) is 48.9 Å². The number of fused-ring (bicyclic) bond motifs is 3. The second-order valence-electron chi connectivity index (χ2n) is 19.5. The maximum Gasteiger partial charge on any atom is 0.254 e. The molecule has 444 valence electrons. The average molecular weight is 1230 g/mol. The smallest absolute Gasteiger partial charge is 0.254 e. The van der Waals surface area contributed by atoms with Gasteiger partial charge in [0.05, 0.1) is 54.7 Å². The van der Waals surface area contributed by atoms with E-state index in [1.54, 1.807) is 30.5 Å². The van der Waals surface area contributed by atoms with E-state index >= 15 is 0 Å². The quantitative estimate of drug-likeness (QED) is 0.0572. The molecule has 0 spiro atoms. The molecule has 4 aromatic carbocycles. The Balaban J connectivity index is 0.000000139. The average Bonchev–Trinajstić information content (AvgIpc) is 1.95. The van der Waals surface area contributed by atoms with Crippen LogP contribution < -0.4 is 37.2 Å². The first-order valence-electron chi connectivity index (χ1n) is 26.6. The molecule has 7 N–H and O–H groups in total. The zero-order chi connectivity index (χ0) is 62.3. The molecule has 2 atom stereocenters. The van der Waals surface area contributed by atoms with Gasteiger partial charge >= 0.3 is 0 Å². The molecule has 10 aromatic rings. The Morgan fingerprint density at radius 2 is 0.899 bits per heavy atom. The van der Waals surface area contributed by atoms with Crippen molar-refractivity contribution in [2.75, 3.05) is 33.8 Å². The number of rotatable bonds is 14. The summed E-state index contributed by atoms with van der Waals surface area (Å²) in [4.78, 5) is 95.9. The summed E-state index contributed by atoms with van der Waals surface area (Å²) in [5, 5.41) is 41.4. The molecule has 0 aliphatic carbocycles. The fraction of sp³-hybridized carbons (Fsp3) is 0.103. The maximum absolute atomic E-state index is 12.0. The lowest BCUT2D eigenvalue weighted by atomic mass is 10.1. The molecule has 0 saturated carbocycles. The molecule has 0 radical (unpaired) electrons. The van der Waals surface area contributed by atoms with E-state index in [0.717, 1.165) is 23.2 Å². The van der Waals surface area contributed by atoms with Gasteiger partial charge in [0.1, 0.15) is 6.04 Å². The number of nitrogens with one attached hydrogen (secondary N) is 7. The van der Waals surface area contributed by atoms with Crippen LogP contribution in [-0.2, 0) is 49.4 Å². The largest absolute Gasteiger partial charge is 0.335 e. The molecular weight excluding hydrogens is 1180 g/mol. The van der Waals surface area contributed by atoms with Gasteiger partial charge < -0.3 is 21.3 Å². The summed E-state index contributed by atoms with van der Waals surface area (Å²) in [6.45, 7) is 0. The second kappa shape index (κ2) is 25.3. The van der Waals surface area contributed by atoms with Crippen LogP contribution in [0, 0.1) is 11.3 Å². The third-order valence-corrected chi connectivity index (χ3v) is 14.6. The molecule has 9 heterocycles. The van der Waals surface area contributed by atoms with Gasteiger partial charge in [0.2, 0.25) is 56.5 Å². The maximum atomic E-state index is 12.0. The molecule has 6 aromatic heterocycles. The first-order valence-corrected chi connectivity index (χ1v) is 30.0. The highest BCUT2D eigenvalue weighted by Gasteiger charge is 2.28. The number of carbonyl (C=O) groups is 6. The van der Waals surface area contributed by atoms with Crippen LogP contribution in [0.15, 0.2) is 167 Å². The Morgan fingerprint density at radius 1 is 0.528 bits per heavy atom. The Bertz CT molecular complexity index is 4780. The Labute approximate surface area is 505 Å². The monoisotopic (exact) mass is 1230 g/mol. The van der Waals surface area contributed by atoms with Crippen molar-refractivity contribution >= 4 is 132 Å². The van der Waals surface area contributed by atoms with Crippen molar-refractivity contribution in [3.63, 3.8) is 0 Å². The van der Waals surface area contributed by atoms with E-state index in [1.165, 1.54) is 38.3 Å². The number of para-hydroxylation sites is 3. The topological polar surface area (TPSA) is 391 Å². The summed E-state index contributed by atoms with van der Waals surface area (Å²) < 4.78 is 40.4. The summed E-state index contributed by atoms with van der Waals surface area (Å²) in [6, 6.07) is 38.6. The molecule has 3 fully saturated rings. The number of sulfone groups is 1. The SMILES string of the molecule is CS(=O)(=O)c1nc(Nc2ccccc2)n2ncc(/C=C3\CC(=O)NC3=O)c2n1.CS(=O)c1nc(Nc2ccccc2)n2ncc(/C=C3\CC(=O)NC3=O)c2n1.N#CC(Nc1nc(Nc2ccccc2)n2ncc(/C=C3\CC(=O)NC3=O)c2n1)c1ccccc1. The number of hydrogen-bond donors (Lipinski definition) is 7. The fourth-order valence-electron chi connectivity index (χ4n) is 8.89. The van der Waals surface area contributed by atoms with Crippen molar-refractivity contribution in [3.05, 3.63) is 179 Å². The van der Waals surface area contributed by atoms with Gasteiger partial charge in [-0.25, -0.2) is 8.42 Å². The molecule has 2 unspecified atom stereocenters. The van der Waals surface area contributed by atoms with E-state index in [1.807, 2.05) is 109 Å². The van der Waals surface area contributed by atoms with Crippen LogP contribution in [0.2, 0.25) is 0 Å². The van der Waals surface area contributed by atoms with Crippen LogP contribution in [-0.4, -0.2) is 119 Å². The van der Waals surface area contributed by atoms with Crippen LogP contribution in [0.5, 0.6) is 0 Å². The molecule has 3 aliphatic heterocycles. The van der Waals surface area contributed by atoms with Crippen molar-refractivity contribution in [3.8, 4) is 6.07 Å². The molecule has 0 bridgehead atoms. The van der Waals surface area contributed by atoms with E-state index in [4.69, 9.17) is 0 Å². The van der Waals surface area contributed by atoms with E-state index in [-0.39, 0.29) is 64.5 Å². The number of hydrogen-bond acceptors (Lipinski definition) is 23. The molecular formula is C58H46N20O9S2. The minimum atomic E-state index is -3.71. The number of carbonyl (C=O) groups excluding carboxylic acids is 6. The van der Waals surface area contributed by atoms with Crippen LogP contribution in [0.4, 0.5) is 40.9 Å². The van der Waals surface area contributed by atoms with Gasteiger partial charge in [0.25, 0.3) is 22.9 Å². The summed E-state index contributed by atoms with van der Waals surface area (Å²) in [5.41, 5.74) is 6.33. The van der Waals surface area contributed by atoms with E-state index in [0.29, 0.717) is 56.7 Å². The van der Waals surface area contributed by atoms with Crippen molar-refractivity contribution in [1.82, 2.24) is 74.7 Å². The Morgan fingerprint density at radius 3 is 1.27 bits per heavy atom. The lowest BCUT2D eigenvalue weighted by molar-refractivity contribution is -0.125. The van der Waals surface area contributed by atoms with Crippen LogP contribution in [0.3, 0.4) is 0 Å². The normalized spacial score (nSPS) is 15.9. The molecule has 29 nitrogen and oxygen atoms in total. The Kier molecular flexibility index (Phi) is 16.7. The molecule has 3 saturated heterocycles. The van der Waals surface area contributed by atoms with Crippen LogP contribution >= 0.6 is 0 Å². The van der Waals surface area contributed by atoms with Gasteiger partial charge in [-0.15, -0.1) is 0 Å². The minimum Gasteiger partial charge on any atom is -0.335 e. The number of aromatic nitrogens is 12. The van der Waals surface area contributed by atoms with Crippen LogP contribution in [0.1, 0.15) is 47.6 Å². The first kappa shape index (κ1) is 58.7. The number of nitriles is 1. The van der Waals surface area contributed by atoms with Crippen molar-refractivity contribution in [1.29, 1.82) is 5.26 Å². The third-order valence-electron chi connectivity index (χ3n) is 13.0. The van der Waals surface area contributed by atoms with Crippen LogP contribution in [0.25, 0.3) is 35.2 Å². The second-order valence-corrected chi connectivity index (χ2v) is 22.7. The molecule has 6 amide bonds. The van der Waals surface area contributed by atoms with Gasteiger partial charge in [0.15, 0.2) is 16.9 Å². The fourth-order valence-corrected chi connectivity index (χ4v) is 9.83. The first-order chi connectivity index (χ1) is 42.9. The summed E-state index contributed by atoms with van der Waals surface area (Å²) in [6.07, 6.45) is 11.5. The highest BCUT2D eigenvalue weighted by Crippen LogP contribution is 2.27. The summed E-state index contributed by atoms with van der Waals surface area (Å²) in [7, 11) is -5.13. The zero-order valence-electron chi connectivity index (χ0n) is 46.5. The molecule has 3 aliphatic rings. The van der Waals surface area contributed by atoms with E-state index < -0.39 is 50.3 Å². The predicted octanol–water partition coefficient (Wildman–Crippen LogP) is 4.71. The van der Waals surface area contributed by atoms with Crippen molar-refractivity contribution in [2.24, 2.45) is 0 Å². The van der Waals surface area contributed by atoms with E-state index in [9.17, 15) is 46.7 Å². The standard InChI is InChI=1S/C24H18N8O2.C17H14N6O4S.C17H14N6O3S/c25-13-19(15-7-3-1-4-8-15)28-23-30-21-17(11-16-12-20(33)29-22(16)34)14-26-32(21)24(31-23)27-18-9-5-2-6-10-18;1-28(26,27)17-21-14-11(7-10-8-13(24)20-15(10)25)9-18-23(14)16(22-17)19-12-5-3-2-4-6-12;1-27(26)17-21-14-11(7-10-8-13(24)20-15(10)25)9-18-23(14)16(22-17)19-12-5-3-2-4-6-12/h1-11,14,19H,12H2,(H,29,33,34)(H2,27,28,30,31);2-7,9H,8H2,1H3,(H,19,21,22)(H,20,24,25);2-7,9H,8H2,1H3,(H,19,21,22)(H,20,24,25)/b16-11+;2*10-7+. The lowest BCUT2D eigenvalue weighted by Crippen LogP contribution is -2.19. The minimum absolute atomic E-state index is 0.00292. The highest BCUT2D eigenvalue weighted by molar-refractivity contribution is 7.90. The van der Waals surface area contributed by atoms with E-state index in [2.05, 4.69) is 88.5 Å². The molecule has 89 heavy (non-hydrogen) atoms. The third kappa shape index (κ3) is 13.6. The number of amides is 6. The van der Waals surface area contributed by atoms with Gasteiger partial charge in [-0.05, 0) is 60.2 Å². The Hall–Kier alpha value is -12.0. The molecule has 13 rings (SSSR count). The molecule has 31 heteroatoms. The lowest BCUT2D eigenvalue weighted by Gasteiger charge is -2.14. The number of imide groups is 3. The summed E-state index contributed by atoms with van der Waals surface area (Å²) in [5.74, 6) is -1.41. The highest BCUT2D eigenvalue weighted by atomic mass is 32.2. The number of benzene rings is 4. The number of anilines is 7. The van der Waals surface area contributed by atoms with Gasteiger partial charge in [-0.2, -0.15) is 64.0 Å². The summed E-state index contributed by atoms with van der Waals surface area (Å²) >= 11 is 0. The van der Waals surface area contributed by atoms with Crippen molar-refractivity contribution < 1.29 is 41.4 Å². The van der Waals surface area contributed by atoms with Gasteiger partial charge in [0, 0.05) is 63.0 Å². The number of nitrogens with zero attached hydrogens (tertiary/aromatic N) is 13. The predicted molar refractivity (Wildman–Crippen MR) is 323 cm³/mol. The zero-order valence-corrected chi connectivity index (χ0v) is 48.1. The van der Waals surface area contributed by atoms with Crippen molar-refractivity contribution in [2.45, 2.75) is 35.6 Å². The van der Waals surface area contributed by atoms with Gasteiger partial charge in [-0.1, -0.05) is 84.9 Å².